The first-order chi connectivity index (χ1) is 10.6. The number of rotatable bonds is 7. The molecule has 130 valence electrons. The Morgan fingerprint density at radius 1 is 1.35 bits per heavy atom. The molecule has 1 aromatic carbocycles. The minimum Gasteiger partial charge on any atom is -0.465 e. The molecule has 1 aromatic rings. The molecule has 0 bridgehead atoms. The molecule has 0 aliphatic heterocycles. The Hall–Kier alpha value is 0.180. The topological polar surface area (TPSA) is 46.6 Å². The zero-order valence-electron chi connectivity index (χ0n) is 12.2. The lowest BCUT2D eigenvalue weighted by atomic mass is 10.3. The van der Waals surface area contributed by atoms with E-state index in [1.807, 2.05) is 0 Å². The van der Waals surface area contributed by atoms with E-state index in [4.69, 9.17) is 62.3 Å². The lowest BCUT2D eigenvalue weighted by Crippen LogP contribution is -2.55. The number of alkyl halides is 4. The van der Waals surface area contributed by atoms with Crippen LogP contribution in [0.3, 0.4) is 0 Å². The van der Waals surface area contributed by atoms with Crippen LogP contribution in [0.4, 0.5) is 0 Å². The fourth-order valence-electron chi connectivity index (χ4n) is 1.79. The Morgan fingerprint density at radius 3 is 2.30 bits per heavy atom. The average molecular weight is 439 g/mol. The molecule has 1 rings (SSSR count). The van der Waals surface area contributed by atoms with Gasteiger partial charge in [-0.2, -0.15) is 4.31 Å². The summed E-state index contributed by atoms with van der Waals surface area (Å²) in [6.45, 7) is 3.18. The van der Waals surface area contributed by atoms with Crippen LogP contribution in [0.2, 0.25) is 0 Å². The minimum atomic E-state index is -3.43. The third-order valence-corrected chi connectivity index (χ3v) is 7.96. The highest BCUT2D eigenvalue weighted by atomic mass is 35.5. The molecule has 0 heterocycles. The van der Waals surface area contributed by atoms with Crippen molar-refractivity contribution in [1.29, 1.82) is 0 Å². The van der Waals surface area contributed by atoms with Crippen LogP contribution in [0.5, 0.6) is 0 Å². The molecule has 2 atom stereocenters. The summed E-state index contributed by atoms with van der Waals surface area (Å²) in [7, 11) is -3.43. The Kier molecular flexibility index (Phi) is 7.86. The molecule has 0 N–H and O–H groups in total. The lowest BCUT2D eigenvalue weighted by Gasteiger charge is -2.38. The van der Waals surface area contributed by atoms with Crippen molar-refractivity contribution in [2.45, 2.75) is 34.1 Å². The summed E-state index contributed by atoms with van der Waals surface area (Å²) in [5.74, 6) is -0.694. The van der Waals surface area contributed by atoms with Crippen LogP contribution >= 0.6 is 46.4 Å². The molecular weight excluding hydrogens is 424 g/mol. The molecule has 0 saturated carbocycles. The van der Waals surface area contributed by atoms with E-state index in [9.17, 15) is 9.00 Å². The van der Waals surface area contributed by atoms with Gasteiger partial charge in [0, 0.05) is 11.2 Å². The second kappa shape index (κ2) is 8.52. The maximum atomic E-state index is 13.2. The summed E-state index contributed by atoms with van der Waals surface area (Å²) < 4.78 is 17.0. The van der Waals surface area contributed by atoms with Crippen LogP contribution in [0.25, 0.3) is 0 Å². The highest BCUT2D eigenvalue weighted by Crippen LogP contribution is 2.41. The van der Waals surface area contributed by atoms with E-state index in [1.165, 1.54) is 6.92 Å². The SMILES string of the molecule is CCOC(=O)C(C)N(C(Cl)(Cl)C(Cl)Cl)S(=O)(=S)c1ccccc1. The fourth-order valence-corrected chi connectivity index (χ4v) is 5.96. The summed E-state index contributed by atoms with van der Waals surface area (Å²) in [5.41, 5.74) is 0. The number of carbonyl (C=O) groups is 1. The van der Waals surface area contributed by atoms with Gasteiger partial charge in [-0.15, -0.1) is 23.2 Å². The average Bonchev–Trinajstić information content (AvgIpc) is 2.47. The molecule has 0 aliphatic carbocycles. The third kappa shape index (κ3) is 4.84. The maximum absolute atomic E-state index is 13.2. The van der Waals surface area contributed by atoms with E-state index in [1.54, 1.807) is 37.3 Å². The molecule has 0 saturated heterocycles. The van der Waals surface area contributed by atoms with Crippen LogP contribution in [-0.4, -0.2) is 36.4 Å². The van der Waals surface area contributed by atoms with Crippen molar-refractivity contribution < 1.29 is 13.7 Å². The van der Waals surface area contributed by atoms with Gasteiger partial charge in [0.2, 0.25) is 4.46 Å². The predicted molar refractivity (Wildman–Crippen MR) is 98.1 cm³/mol. The minimum absolute atomic E-state index is 0.129. The largest absolute Gasteiger partial charge is 0.465 e. The number of hydrogen-bond donors (Lipinski definition) is 0. The van der Waals surface area contributed by atoms with Crippen LogP contribution < -0.4 is 0 Å². The van der Waals surface area contributed by atoms with E-state index in [0.717, 1.165) is 4.31 Å². The molecular formula is C13H15Cl4NO3S2. The Bertz CT molecular complexity index is 638. The second-order valence-electron chi connectivity index (χ2n) is 4.43. The van der Waals surface area contributed by atoms with Crippen LogP contribution in [0.1, 0.15) is 13.8 Å². The van der Waals surface area contributed by atoms with Crippen molar-refractivity contribution in [3.05, 3.63) is 30.3 Å². The van der Waals surface area contributed by atoms with Gasteiger partial charge in [-0.25, -0.2) is 4.21 Å². The monoisotopic (exact) mass is 437 g/mol. The Morgan fingerprint density at radius 2 is 1.87 bits per heavy atom. The summed E-state index contributed by atoms with van der Waals surface area (Å²) in [6, 6.07) is 6.99. The number of benzene rings is 1. The summed E-state index contributed by atoms with van der Waals surface area (Å²) in [5, 5.41) is 0. The highest BCUT2D eigenvalue weighted by molar-refractivity contribution is 8.31. The lowest BCUT2D eigenvalue weighted by molar-refractivity contribution is -0.147. The molecule has 0 aliphatic rings. The van der Waals surface area contributed by atoms with Crippen molar-refractivity contribution in [3.8, 4) is 0 Å². The second-order valence-corrected chi connectivity index (χ2v) is 10.0. The predicted octanol–water partition coefficient (Wildman–Crippen LogP) is 3.90. The first kappa shape index (κ1) is 21.2. The smallest absolute Gasteiger partial charge is 0.324 e. The van der Waals surface area contributed by atoms with Crippen molar-refractivity contribution in [2.24, 2.45) is 0 Å². The Labute approximate surface area is 160 Å². The number of carbonyl (C=O) groups excluding carboxylic acids is 1. The fraction of sp³-hybridized carbons (Fsp3) is 0.462. The standard InChI is InChI=1S/C13H15Cl4NO3S2/c1-3-21-11(19)9(2)18(13(16,17)12(14)15)23(20,22)10-7-5-4-6-8-10/h4-9,12H,3H2,1-2H3. The molecule has 10 heteroatoms. The van der Waals surface area contributed by atoms with E-state index in [2.05, 4.69) is 0 Å². The first-order valence-electron chi connectivity index (χ1n) is 6.49. The van der Waals surface area contributed by atoms with E-state index >= 15 is 0 Å². The van der Waals surface area contributed by atoms with Crippen molar-refractivity contribution >= 4 is 72.2 Å². The first-order valence-corrected chi connectivity index (χ1v) is 10.6. The molecule has 0 spiro atoms. The summed E-state index contributed by atoms with van der Waals surface area (Å²) >= 11 is 29.2. The molecule has 2 unspecified atom stereocenters. The quantitative estimate of drug-likeness (QED) is 0.368. The summed E-state index contributed by atoms with van der Waals surface area (Å²) in [4.78, 5) is 11.0. The molecule has 0 amide bonds. The maximum Gasteiger partial charge on any atom is 0.324 e. The van der Waals surface area contributed by atoms with Gasteiger partial charge in [0.25, 0.3) is 0 Å². The summed E-state index contributed by atoms with van der Waals surface area (Å²) in [6.07, 6.45) is 0. The molecule has 0 radical (unpaired) electrons. The van der Waals surface area contributed by atoms with Crippen molar-refractivity contribution in [3.63, 3.8) is 0 Å². The van der Waals surface area contributed by atoms with Gasteiger partial charge in [0.05, 0.1) is 11.5 Å². The third-order valence-electron chi connectivity index (χ3n) is 2.84. The van der Waals surface area contributed by atoms with Gasteiger partial charge in [0.15, 0.2) is 4.84 Å². The van der Waals surface area contributed by atoms with Gasteiger partial charge < -0.3 is 4.74 Å². The molecule has 23 heavy (non-hydrogen) atoms. The van der Waals surface area contributed by atoms with Gasteiger partial charge in [0.1, 0.15) is 14.7 Å². The van der Waals surface area contributed by atoms with Gasteiger partial charge in [-0.1, -0.05) is 41.4 Å². The number of halogens is 4. The zero-order valence-corrected chi connectivity index (χ0v) is 16.9. The zero-order chi connectivity index (χ0) is 17.8. The normalized spacial score (nSPS) is 16.2. The molecule has 0 aromatic heterocycles. The number of hydrogen-bond acceptors (Lipinski definition) is 4. The molecule has 4 nitrogen and oxygen atoms in total. The highest BCUT2D eigenvalue weighted by Gasteiger charge is 2.49. The van der Waals surface area contributed by atoms with Gasteiger partial charge in [-0.3, -0.25) is 4.79 Å². The molecule has 0 fully saturated rings. The van der Waals surface area contributed by atoms with Crippen LogP contribution in [0.15, 0.2) is 35.2 Å². The number of esters is 1. The van der Waals surface area contributed by atoms with Gasteiger partial charge >= 0.3 is 5.97 Å². The van der Waals surface area contributed by atoms with E-state index in [0.29, 0.717) is 0 Å². The van der Waals surface area contributed by atoms with E-state index in [-0.39, 0.29) is 11.5 Å². The number of nitrogens with zero attached hydrogens (tertiary/aromatic N) is 1. The van der Waals surface area contributed by atoms with Crippen LogP contribution in [0, 0.1) is 0 Å². The van der Waals surface area contributed by atoms with E-state index < -0.39 is 30.0 Å². The van der Waals surface area contributed by atoms with Crippen molar-refractivity contribution in [2.75, 3.05) is 6.61 Å². The van der Waals surface area contributed by atoms with Crippen molar-refractivity contribution in [1.82, 2.24) is 4.31 Å². The van der Waals surface area contributed by atoms with Crippen LogP contribution in [-0.2, 0) is 29.4 Å². The number of ether oxygens (including phenoxy) is 1. The Balaban J connectivity index is 3.44. The van der Waals surface area contributed by atoms with Gasteiger partial charge in [-0.05, 0) is 26.0 Å².